The van der Waals surface area contributed by atoms with Crippen LogP contribution >= 0.6 is 11.3 Å². The smallest absolute Gasteiger partial charge is 0.253 e. The zero-order chi connectivity index (χ0) is 27.1. The minimum Gasteiger partial charge on any atom is -0.360 e. The molecule has 0 radical (unpaired) electrons. The Morgan fingerprint density at radius 1 is 0.900 bits per heavy atom. The Morgan fingerprint density at radius 3 is 2.48 bits per heavy atom. The maximum absolute atomic E-state index is 13.2. The summed E-state index contributed by atoms with van der Waals surface area (Å²) in [4.78, 5) is 33.2. The molecule has 0 spiro atoms. The van der Waals surface area contributed by atoms with Crippen molar-refractivity contribution < 1.29 is 9.59 Å². The molecule has 2 aliphatic carbocycles. The summed E-state index contributed by atoms with van der Waals surface area (Å²) in [5, 5.41) is 7.60. The van der Waals surface area contributed by atoms with Crippen molar-refractivity contribution in [2.75, 3.05) is 5.32 Å². The molecule has 2 aliphatic rings. The number of nitrogens with one attached hydrogen (secondary N) is 3. The predicted molar refractivity (Wildman–Crippen MR) is 162 cm³/mol. The quantitative estimate of drug-likeness (QED) is 0.194. The SMILES string of the molecule is O=C(NCc1ccc(C2CCCCC2)cc1)c1c[nH]c2ccc(-c3ccc4nc(NC(=O)C5CC5)sc4c3)cc12. The highest BCUT2D eigenvalue weighted by Gasteiger charge is 2.30. The van der Waals surface area contributed by atoms with Crippen molar-refractivity contribution in [3.63, 3.8) is 0 Å². The van der Waals surface area contributed by atoms with Gasteiger partial charge in [-0.25, -0.2) is 4.98 Å². The molecule has 3 aromatic carbocycles. The third-order valence-electron chi connectivity index (χ3n) is 8.34. The third kappa shape index (κ3) is 5.13. The number of H-pyrrole nitrogens is 1. The fourth-order valence-electron chi connectivity index (χ4n) is 5.82. The van der Waals surface area contributed by atoms with Crippen LogP contribution in [0.3, 0.4) is 0 Å². The number of rotatable bonds is 7. The number of aromatic nitrogens is 2. The fourth-order valence-corrected chi connectivity index (χ4v) is 6.73. The van der Waals surface area contributed by atoms with Gasteiger partial charge >= 0.3 is 0 Å². The van der Waals surface area contributed by atoms with Crippen LogP contribution in [0.25, 0.3) is 32.2 Å². The summed E-state index contributed by atoms with van der Waals surface area (Å²) in [6, 6.07) is 21.0. The first-order valence-corrected chi connectivity index (χ1v) is 15.1. The van der Waals surface area contributed by atoms with Crippen molar-refractivity contribution in [1.29, 1.82) is 0 Å². The summed E-state index contributed by atoms with van der Waals surface area (Å²) in [5.41, 5.74) is 7.04. The van der Waals surface area contributed by atoms with Crippen LogP contribution in [0.1, 0.15) is 72.3 Å². The molecule has 2 fully saturated rings. The number of anilines is 1. The van der Waals surface area contributed by atoms with Crippen LogP contribution in [0, 0.1) is 5.92 Å². The van der Waals surface area contributed by atoms with E-state index in [1.165, 1.54) is 49.0 Å². The summed E-state index contributed by atoms with van der Waals surface area (Å²) >= 11 is 1.49. The summed E-state index contributed by atoms with van der Waals surface area (Å²) in [6.07, 6.45) is 10.3. The Balaban J connectivity index is 1.06. The molecule has 7 heteroatoms. The van der Waals surface area contributed by atoms with Crippen molar-refractivity contribution in [3.05, 3.63) is 83.6 Å². The van der Waals surface area contributed by atoms with E-state index in [1.54, 1.807) is 6.20 Å². The molecule has 6 nitrogen and oxygen atoms in total. The normalized spacial score (nSPS) is 15.9. The lowest BCUT2D eigenvalue weighted by atomic mass is 9.84. The molecule has 3 N–H and O–H groups in total. The number of hydrogen-bond donors (Lipinski definition) is 3. The molecular formula is C33H32N4O2S. The van der Waals surface area contributed by atoms with E-state index < -0.39 is 0 Å². The Hall–Kier alpha value is -3.97. The topological polar surface area (TPSA) is 86.9 Å². The molecule has 5 aromatic rings. The third-order valence-corrected chi connectivity index (χ3v) is 9.27. The first-order chi connectivity index (χ1) is 19.6. The number of thiazole rings is 1. The van der Waals surface area contributed by atoms with Gasteiger partial charge in [-0.05, 0) is 78.1 Å². The van der Waals surface area contributed by atoms with Crippen LogP contribution in [0.4, 0.5) is 5.13 Å². The van der Waals surface area contributed by atoms with Gasteiger partial charge in [0.05, 0.1) is 15.8 Å². The predicted octanol–water partition coefficient (Wildman–Crippen LogP) is 7.77. The minimum atomic E-state index is -0.0892. The number of hydrogen-bond acceptors (Lipinski definition) is 4. The molecule has 7 rings (SSSR count). The number of amides is 2. The first-order valence-electron chi connectivity index (χ1n) is 14.3. The Morgan fingerprint density at radius 2 is 1.68 bits per heavy atom. The highest BCUT2D eigenvalue weighted by atomic mass is 32.1. The molecule has 0 aliphatic heterocycles. The molecular weight excluding hydrogens is 516 g/mol. The lowest BCUT2D eigenvalue weighted by Gasteiger charge is -2.22. The van der Waals surface area contributed by atoms with Crippen molar-refractivity contribution >= 4 is 49.4 Å². The second-order valence-corrected chi connectivity index (χ2v) is 12.2. The summed E-state index contributed by atoms with van der Waals surface area (Å²) < 4.78 is 1.02. The fraction of sp³-hybridized carbons (Fsp3) is 0.303. The molecule has 0 unspecified atom stereocenters. The van der Waals surface area contributed by atoms with Gasteiger partial charge in [-0.1, -0.05) is 67.0 Å². The lowest BCUT2D eigenvalue weighted by Crippen LogP contribution is -2.22. The highest BCUT2D eigenvalue weighted by Crippen LogP contribution is 2.35. The average Bonchev–Trinajstić information content (AvgIpc) is 3.64. The van der Waals surface area contributed by atoms with E-state index in [-0.39, 0.29) is 17.7 Å². The molecule has 202 valence electrons. The lowest BCUT2D eigenvalue weighted by molar-refractivity contribution is -0.117. The number of carbonyl (C=O) groups excluding carboxylic acids is 2. The van der Waals surface area contributed by atoms with Crippen molar-refractivity contribution in [2.24, 2.45) is 5.92 Å². The van der Waals surface area contributed by atoms with Gasteiger partial charge in [-0.15, -0.1) is 0 Å². The molecule has 0 saturated heterocycles. The first kappa shape index (κ1) is 25.0. The van der Waals surface area contributed by atoms with E-state index in [0.717, 1.165) is 50.7 Å². The van der Waals surface area contributed by atoms with E-state index in [9.17, 15) is 9.59 Å². The van der Waals surface area contributed by atoms with Crippen molar-refractivity contribution in [3.8, 4) is 11.1 Å². The zero-order valence-electron chi connectivity index (χ0n) is 22.3. The molecule has 2 amide bonds. The Kier molecular flexibility index (Phi) is 6.60. The zero-order valence-corrected chi connectivity index (χ0v) is 23.2. The minimum absolute atomic E-state index is 0.0689. The second kappa shape index (κ2) is 10.5. The van der Waals surface area contributed by atoms with Gasteiger partial charge < -0.3 is 15.6 Å². The molecule has 0 bridgehead atoms. The molecule has 2 heterocycles. The maximum atomic E-state index is 13.2. The number of aromatic amines is 1. The van der Waals surface area contributed by atoms with Gasteiger partial charge in [0, 0.05) is 29.6 Å². The van der Waals surface area contributed by atoms with Crippen LogP contribution in [-0.2, 0) is 11.3 Å². The van der Waals surface area contributed by atoms with Crippen LogP contribution in [-0.4, -0.2) is 21.8 Å². The van der Waals surface area contributed by atoms with Crippen molar-refractivity contribution in [1.82, 2.24) is 15.3 Å². The van der Waals surface area contributed by atoms with Crippen LogP contribution < -0.4 is 10.6 Å². The number of carbonyl (C=O) groups is 2. The highest BCUT2D eigenvalue weighted by molar-refractivity contribution is 7.22. The average molecular weight is 549 g/mol. The van der Waals surface area contributed by atoms with Gasteiger partial charge in [0.15, 0.2) is 5.13 Å². The molecule has 2 aromatic heterocycles. The van der Waals surface area contributed by atoms with E-state index >= 15 is 0 Å². The standard InChI is InChI=1S/C33H32N4O2S/c38-31(23-10-11-23)37-33-36-29-15-13-25(17-30(29)40-33)24-12-14-28-26(16-24)27(19-34-28)32(39)35-18-20-6-8-22(9-7-20)21-4-2-1-3-5-21/h6-9,12-17,19,21,23,34H,1-5,10-11,18H2,(H,35,39)(H,36,37,38). The summed E-state index contributed by atoms with van der Waals surface area (Å²) in [7, 11) is 0. The Bertz CT molecular complexity index is 1710. The molecule has 40 heavy (non-hydrogen) atoms. The van der Waals surface area contributed by atoms with E-state index in [1.807, 2.05) is 18.2 Å². The Labute approximate surface area is 237 Å². The van der Waals surface area contributed by atoms with Gasteiger partial charge in [-0.2, -0.15) is 0 Å². The molecule has 2 saturated carbocycles. The van der Waals surface area contributed by atoms with Crippen LogP contribution in [0.2, 0.25) is 0 Å². The second-order valence-electron chi connectivity index (χ2n) is 11.2. The summed E-state index contributed by atoms with van der Waals surface area (Å²) in [5.74, 6) is 0.812. The van der Waals surface area contributed by atoms with Crippen LogP contribution in [0.15, 0.2) is 66.9 Å². The van der Waals surface area contributed by atoms with E-state index in [4.69, 9.17) is 0 Å². The maximum Gasteiger partial charge on any atom is 0.253 e. The number of nitrogens with zero attached hydrogens (tertiary/aromatic N) is 1. The molecule has 0 atom stereocenters. The van der Waals surface area contributed by atoms with E-state index in [0.29, 0.717) is 23.2 Å². The van der Waals surface area contributed by atoms with Gasteiger partial charge in [0.25, 0.3) is 5.91 Å². The van der Waals surface area contributed by atoms with Gasteiger partial charge in [-0.3, -0.25) is 9.59 Å². The number of fused-ring (bicyclic) bond motifs is 2. The van der Waals surface area contributed by atoms with Gasteiger partial charge in [0.1, 0.15) is 0 Å². The van der Waals surface area contributed by atoms with Gasteiger partial charge in [0.2, 0.25) is 5.91 Å². The van der Waals surface area contributed by atoms with E-state index in [2.05, 4.69) is 63.1 Å². The largest absolute Gasteiger partial charge is 0.360 e. The van der Waals surface area contributed by atoms with Crippen molar-refractivity contribution in [2.45, 2.75) is 57.4 Å². The number of benzene rings is 3. The monoisotopic (exact) mass is 548 g/mol. The van der Waals surface area contributed by atoms with Crippen LogP contribution in [0.5, 0.6) is 0 Å². The summed E-state index contributed by atoms with van der Waals surface area (Å²) in [6.45, 7) is 0.498.